The number of nitrogen functional groups attached to an aromatic ring is 1. The van der Waals surface area contributed by atoms with E-state index in [9.17, 15) is 0 Å². The van der Waals surface area contributed by atoms with Gasteiger partial charge in [0, 0.05) is 32.7 Å². The molecule has 1 saturated heterocycles. The van der Waals surface area contributed by atoms with Gasteiger partial charge in [-0.05, 0) is 30.2 Å². The molecule has 0 amide bonds. The van der Waals surface area contributed by atoms with Crippen molar-refractivity contribution in [3.8, 4) is 0 Å². The van der Waals surface area contributed by atoms with Gasteiger partial charge in [0.2, 0.25) is 0 Å². The molecular weight excluding hydrogens is 260 g/mol. The molecule has 0 unspecified atom stereocenters. The van der Waals surface area contributed by atoms with Crippen LogP contribution in [-0.2, 0) is 6.54 Å². The Bertz CT molecular complexity index is 586. The van der Waals surface area contributed by atoms with Crippen LogP contribution in [0.1, 0.15) is 11.1 Å². The summed E-state index contributed by atoms with van der Waals surface area (Å²) in [5.74, 6) is 1.03. The highest BCUT2D eigenvalue weighted by Crippen LogP contribution is 2.17. The fourth-order valence-electron chi connectivity index (χ4n) is 2.75. The Morgan fingerprint density at radius 1 is 1.05 bits per heavy atom. The van der Waals surface area contributed by atoms with Crippen LogP contribution in [0.25, 0.3) is 0 Å². The van der Waals surface area contributed by atoms with Crippen molar-refractivity contribution in [3.63, 3.8) is 0 Å². The van der Waals surface area contributed by atoms with E-state index < -0.39 is 0 Å². The molecule has 4 nitrogen and oxygen atoms in total. The predicted octanol–water partition coefficient (Wildman–Crippen LogP) is 2.29. The summed E-state index contributed by atoms with van der Waals surface area (Å²) in [5.41, 5.74) is 9.21. The van der Waals surface area contributed by atoms with Crippen LogP contribution in [0.3, 0.4) is 0 Å². The van der Waals surface area contributed by atoms with Crippen LogP contribution in [0.2, 0.25) is 0 Å². The van der Waals surface area contributed by atoms with Crippen molar-refractivity contribution >= 4 is 11.5 Å². The Kier molecular flexibility index (Phi) is 4.06. The third kappa shape index (κ3) is 3.34. The monoisotopic (exact) mass is 282 g/mol. The molecule has 0 saturated carbocycles. The van der Waals surface area contributed by atoms with Crippen LogP contribution in [0.15, 0.2) is 42.6 Å². The largest absolute Gasteiger partial charge is 0.397 e. The molecule has 2 heterocycles. The molecule has 2 N–H and O–H groups in total. The maximum atomic E-state index is 5.69. The van der Waals surface area contributed by atoms with Crippen LogP contribution in [0.5, 0.6) is 0 Å². The van der Waals surface area contributed by atoms with Gasteiger partial charge < -0.3 is 10.6 Å². The second kappa shape index (κ2) is 6.14. The molecule has 1 aromatic heterocycles. The number of nitrogens with two attached hydrogens (primary N) is 1. The zero-order chi connectivity index (χ0) is 14.7. The quantitative estimate of drug-likeness (QED) is 0.938. The Morgan fingerprint density at radius 2 is 1.81 bits per heavy atom. The van der Waals surface area contributed by atoms with Gasteiger partial charge in [0.15, 0.2) is 0 Å². The average molecular weight is 282 g/mol. The molecule has 3 rings (SSSR count). The first-order chi connectivity index (χ1) is 10.2. The SMILES string of the molecule is Cc1ccccc1CN1CCN(c2ccc(N)cn2)CC1. The Labute approximate surface area is 126 Å². The fraction of sp³-hybridized carbons (Fsp3) is 0.353. The fourth-order valence-corrected chi connectivity index (χ4v) is 2.75. The number of piperazine rings is 1. The number of rotatable bonds is 3. The summed E-state index contributed by atoms with van der Waals surface area (Å²) in [4.78, 5) is 9.24. The molecule has 4 heteroatoms. The van der Waals surface area contributed by atoms with E-state index in [1.165, 1.54) is 11.1 Å². The minimum absolute atomic E-state index is 0.719. The minimum atomic E-state index is 0.719. The van der Waals surface area contributed by atoms with Gasteiger partial charge in [-0.3, -0.25) is 4.90 Å². The first-order valence-corrected chi connectivity index (χ1v) is 7.46. The van der Waals surface area contributed by atoms with Gasteiger partial charge in [-0.1, -0.05) is 24.3 Å². The first-order valence-electron chi connectivity index (χ1n) is 7.46. The smallest absolute Gasteiger partial charge is 0.128 e. The van der Waals surface area contributed by atoms with E-state index in [4.69, 9.17) is 5.73 Å². The summed E-state index contributed by atoms with van der Waals surface area (Å²) in [6, 6.07) is 12.6. The van der Waals surface area contributed by atoms with E-state index in [1.54, 1.807) is 6.20 Å². The lowest BCUT2D eigenvalue weighted by atomic mass is 10.1. The second-order valence-corrected chi connectivity index (χ2v) is 5.64. The van der Waals surface area contributed by atoms with Crippen molar-refractivity contribution in [2.75, 3.05) is 36.8 Å². The molecule has 1 aliphatic rings. The number of benzene rings is 1. The van der Waals surface area contributed by atoms with Crippen LogP contribution in [0.4, 0.5) is 11.5 Å². The van der Waals surface area contributed by atoms with E-state index in [1.807, 2.05) is 12.1 Å². The van der Waals surface area contributed by atoms with Gasteiger partial charge in [0.1, 0.15) is 5.82 Å². The number of aromatic nitrogens is 1. The summed E-state index contributed by atoms with van der Waals surface area (Å²) >= 11 is 0. The summed E-state index contributed by atoms with van der Waals surface area (Å²) < 4.78 is 0. The minimum Gasteiger partial charge on any atom is -0.397 e. The van der Waals surface area contributed by atoms with Crippen LogP contribution in [-0.4, -0.2) is 36.1 Å². The maximum Gasteiger partial charge on any atom is 0.128 e. The van der Waals surface area contributed by atoms with Gasteiger partial charge in [-0.25, -0.2) is 4.98 Å². The van der Waals surface area contributed by atoms with Crippen molar-refractivity contribution in [1.29, 1.82) is 0 Å². The number of anilines is 2. The Morgan fingerprint density at radius 3 is 2.48 bits per heavy atom. The third-order valence-electron chi connectivity index (χ3n) is 4.12. The van der Waals surface area contributed by atoms with Crippen molar-refractivity contribution in [2.24, 2.45) is 0 Å². The van der Waals surface area contributed by atoms with E-state index in [0.717, 1.165) is 44.2 Å². The molecule has 0 atom stereocenters. The average Bonchev–Trinajstić information content (AvgIpc) is 2.51. The topological polar surface area (TPSA) is 45.4 Å². The van der Waals surface area contributed by atoms with Gasteiger partial charge >= 0.3 is 0 Å². The molecule has 2 aromatic rings. The lowest BCUT2D eigenvalue weighted by molar-refractivity contribution is 0.249. The maximum absolute atomic E-state index is 5.69. The summed E-state index contributed by atoms with van der Waals surface area (Å²) in [5, 5.41) is 0. The predicted molar refractivity (Wildman–Crippen MR) is 87.3 cm³/mol. The standard InChI is InChI=1S/C17H22N4/c1-14-4-2-3-5-15(14)13-20-8-10-21(11-9-20)17-7-6-16(18)12-19-17/h2-7,12H,8-11,13,18H2,1H3. The van der Waals surface area contributed by atoms with Gasteiger partial charge in [0.25, 0.3) is 0 Å². The summed E-state index contributed by atoms with van der Waals surface area (Å²) in [6.07, 6.45) is 1.73. The molecule has 0 bridgehead atoms. The first kappa shape index (κ1) is 13.9. The molecule has 0 radical (unpaired) electrons. The normalized spacial score (nSPS) is 16.1. The lowest BCUT2D eigenvalue weighted by Crippen LogP contribution is -2.46. The van der Waals surface area contributed by atoms with Gasteiger partial charge in [-0.2, -0.15) is 0 Å². The van der Waals surface area contributed by atoms with Crippen molar-refractivity contribution in [1.82, 2.24) is 9.88 Å². The molecule has 1 aliphatic heterocycles. The highest BCUT2D eigenvalue weighted by molar-refractivity contribution is 5.46. The molecule has 0 spiro atoms. The highest BCUT2D eigenvalue weighted by atomic mass is 15.3. The third-order valence-corrected chi connectivity index (χ3v) is 4.12. The van der Waals surface area contributed by atoms with E-state index >= 15 is 0 Å². The van der Waals surface area contributed by atoms with Crippen molar-refractivity contribution < 1.29 is 0 Å². The van der Waals surface area contributed by atoms with Crippen LogP contribution >= 0.6 is 0 Å². The summed E-state index contributed by atoms with van der Waals surface area (Å²) in [6.45, 7) is 7.39. The zero-order valence-electron chi connectivity index (χ0n) is 12.5. The molecule has 21 heavy (non-hydrogen) atoms. The zero-order valence-corrected chi connectivity index (χ0v) is 12.5. The molecule has 0 aliphatic carbocycles. The molecule has 1 fully saturated rings. The van der Waals surface area contributed by atoms with Crippen molar-refractivity contribution in [2.45, 2.75) is 13.5 Å². The number of nitrogens with zero attached hydrogens (tertiary/aromatic N) is 3. The highest BCUT2D eigenvalue weighted by Gasteiger charge is 2.18. The van der Waals surface area contributed by atoms with Crippen LogP contribution in [0, 0.1) is 6.92 Å². The van der Waals surface area contributed by atoms with E-state index in [0.29, 0.717) is 0 Å². The van der Waals surface area contributed by atoms with Gasteiger partial charge in [0.05, 0.1) is 11.9 Å². The van der Waals surface area contributed by atoms with E-state index in [2.05, 4.69) is 46.0 Å². The van der Waals surface area contributed by atoms with Crippen LogP contribution < -0.4 is 10.6 Å². The number of aryl methyl sites for hydroxylation is 1. The van der Waals surface area contributed by atoms with E-state index in [-0.39, 0.29) is 0 Å². The molecule has 1 aromatic carbocycles. The molecule has 110 valence electrons. The number of pyridine rings is 1. The number of hydrogen-bond donors (Lipinski definition) is 1. The lowest BCUT2D eigenvalue weighted by Gasteiger charge is -2.35. The number of hydrogen-bond acceptors (Lipinski definition) is 4. The Hall–Kier alpha value is -2.07. The Balaban J connectivity index is 1.58. The summed E-state index contributed by atoms with van der Waals surface area (Å²) in [7, 11) is 0. The van der Waals surface area contributed by atoms with Gasteiger partial charge in [-0.15, -0.1) is 0 Å². The second-order valence-electron chi connectivity index (χ2n) is 5.64. The van der Waals surface area contributed by atoms with Crippen molar-refractivity contribution in [3.05, 3.63) is 53.7 Å². The molecular formula is C17H22N4.